The highest BCUT2D eigenvalue weighted by Crippen LogP contribution is 2.37. The van der Waals surface area contributed by atoms with Crippen molar-refractivity contribution in [3.05, 3.63) is 59.1 Å². The number of hydrogen-bond donors (Lipinski definition) is 2. The van der Waals surface area contributed by atoms with E-state index in [1.54, 1.807) is 19.1 Å². The summed E-state index contributed by atoms with van der Waals surface area (Å²) in [7, 11) is -4.37. The van der Waals surface area contributed by atoms with Crippen molar-refractivity contribution in [2.24, 2.45) is 0 Å². The van der Waals surface area contributed by atoms with E-state index in [1.807, 2.05) is 0 Å². The van der Waals surface area contributed by atoms with Crippen molar-refractivity contribution in [3.8, 4) is 0 Å². The lowest BCUT2D eigenvalue weighted by Crippen LogP contribution is -2.50. The first-order chi connectivity index (χ1) is 12.1. The van der Waals surface area contributed by atoms with Gasteiger partial charge in [0.15, 0.2) is 12.0 Å². The summed E-state index contributed by atoms with van der Waals surface area (Å²) in [6.45, 7) is 2.95. The highest BCUT2D eigenvalue weighted by Gasteiger charge is 2.58. The molecule has 2 N–H and O–H groups in total. The molecule has 1 aliphatic rings. The molecule has 0 aromatic heterocycles. The fraction of sp³-hybridized carbons (Fsp3) is 0.235. The first-order valence-corrected chi connectivity index (χ1v) is 9.50. The van der Waals surface area contributed by atoms with E-state index in [4.69, 9.17) is 11.6 Å². The maximum absolute atomic E-state index is 12.9. The Kier molecular flexibility index (Phi) is 4.48. The van der Waals surface area contributed by atoms with Crippen LogP contribution in [-0.2, 0) is 10.0 Å². The normalized spacial score (nSPS) is 23.6. The number of aliphatic hydroxyl groups is 2. The van der Waals surface area contributed by atoms with Gasteiger partial charge in [0.05, 0.1) is 4.90 Å². The maximum Gasteiger partial charge on any atom is 0.343 e. The van der Waals surface area contributed by atoms with Crippen molar-refractivity contribution in [1.29, 1.82) is 0 Å². The Hall–Kier alpha value is -2.13. The molecule has 7 nitrogen and oxygen atoms in total. The lowest BCUT2D eigenvalue weighted by Gasteiger charge is -2.30. The predicted octanol–water partition coefficient (Wildman–Crippen LogP) is 2.31. The summed E-state index contributed by atoms with van der Waals surface area (Å²) < 4.78 is 26.0. The molecule has 3 rings (SSSR count). The van der Waals surface area contributed by atoms with Crippen LogP contribution in [0, 0.1) is 6.92 Å². The summed E-state index contributed by atoms with van der Waals surface area (Å²) in [5.41, 5.74) is -1.13. The number of aryl methyl sites for hydroxylation is 1. The van der Waals surface area contributed by atoms with Crippen LogP contribution in [-0.4, -0.2) is 40.9 Å². The predicted molar refractivity (Wildman–Crippen MR) is 96.2 cm³/mol. The highest BCUT2D eigenvalue weighted by atomic mass is 35.5. The third kappa shape index (κ3) is 2.84. The number of benzene rings is 2. The summed E-state index contributed by atoms with van der Waals surface area (Å²) in [6, 6.07) is 10.6. The van der Waals surface area contributed by atoms with Crippen LogP contribution in [0.3, 0.4) is 0 Å². The van der Waals surface area contributed by atoms with Gasteiger partial charge in [-0.1, -0.05) is 29.3 Å². The topological polar surface area (TPSA) is 98.2 Å². The molecular weight excluding hydrogens is 380 g/mol. The molecular formula is C17H17ClN2O5S. The van der Waals surface area contributed by atoms with Crippen LogP contribution in [0.4, 0.5) is 10.5 Å². The molecule has 0 saturated carbocycles. The highest BCUT2D eigenvalue weighted by molar-refractivity contribution is 7.89. The number of halogens is 1. The molecule has 138 valence electrons. The van der Waals surface area contributed by atoms with Crippen LogP contribution in [0.1, 0.15) is 12.5 Å². The largest absolute Gasteiger partial charge is 0.368 e. The number of carbonyl (C=O) groups is 1. The van der Waals surface area contributed by atoms with Crippen LogP contribution < -0.4 is 4.90 Å². The summed E-state index contributed by atoms with van der Waals surface area (Å²) in [5.74, 6) is 0. The van der Waals surface area contributed by atoms with E-state index in [0.29, 0.717) is 5.02 Å². The van der Waals surface area contributed by atoms with Crippen molar-refractivity contribution in [2.75, 3.05) is 4.90 Å². The third-order valence-corrected chi connectivity index (χ3v) is 6.20. The van der Waals surface area contributed by atoms with E-state index >= 15 is 0 Å². The van der Waals surface area contributed by atoms with Gasteiger partial charge in [-0.3, -0.25) is 4.90 Å². The number of nitrogens with zero attached hydrogens (tertiary/aromatic N) is 2. The second-order valence-corrected chi connectivity index (χ2v) is 8.43. The van der Waals surface area contributed by atoms with Crippen LogP contribution in [0.15, 0.2) is 53.4 Å². The summed E-state index contributed by atoms with van der Waals surface area (Å²) in [4.78, 5) is 13.5. The number of aliphatic hydroxyl groups excluding tert-OH is 1. The van der Waals surface area contributed by atoms with Crippen molar-refractivity contribution >= 4 is 33.3 Å². The van der Waals surface area contributed by atoms with Gasteiger partial charge in [-0.25, -0.2) is 13.2 Å². The molecule has 1 heterocycles. The first-order valence-electron chi connectivity index (χ1n) is 7.68. The van der Waals surface area contributed by atoms with Gasteiger partial charge in [0.2, 0.25) is 0 Å². The van der Waals surface area contributed by atoms with Gasteiger partial charge >= 0.3 is 6.03 Å². The average molecular weight is 397 g/mol. The van der Waals surface area contributed by atoms with Crippen LogP contribution >= 0.6 is 11.6 Å². The zero-order valence-electron chi connectivity index (χ0n) is 14.0. The zero-order valence-corrected chi connectivity index (χ0v) is 15.6. The molecule has 1 aliphatic heterocycles. The van der Waals surface area contributed by atoms with Gasteiger partial charge in [0, 0.05) is 10.7 Å². The average Bonchev–Trinajstić information content (AvgIpc) is 2.74. The van der Waals surface area contributed by atoms with E-state index in [0.717, 1.165) is 17.4 Å². The standard InChI is InChI=1S/C17H17ClN2O5S/c1-11-3-9-14(10-4-11)26(24,25)20-15(21)17(2,23)19(16(20)22)13-7-5-12(18)6-8-13/h3-10,15,21,23H,1-2H3/t15?,17-/m0/s1. The Morgan fingerprint density at radius 2 is 1.62 bits per heavy atom. The van der Waals surface area contributed by atoms with Crippen molar-refractivity contribution < 1.29 is 23.4 Å². The Balaban J connectivity index is 2.08. The Morgan fingerprint density at radius 1 is 1.08 bits per heavy atom. The summed E-state index contributed by atoms with van der Waals surface area (Å²) in [5, 5.41) is 21.5. The Bertz CT molecular complexity index is 942. The van der Waals surface area contributed by atoms with Crippen molar-refractivity contribution in [3.63, 3.8) is 0 Å². The van der Waals surface area contributed by atoms with E-state index in [9.17, 15) is 23.4 Å². The fourth-order valence-electron chi connectivity index (χ4n) is 2.75. The minimum Gasteiger partial charge on any atom is -0.368 e. The monoisotopic (exact) mass is 396 g/mol. The number of amides is 2. The number of rotatable bonds is 3. The molecule has 0 aliphatic carbocycles. The SMILES string of the molecule is Cc1ccc(S(=O)(=O)N2C(=O)N(c3ccc(Cl)cc3)[C@@](C)(O)C2O)cc1. The van der Waals surface area contributed by atoms with E-state index < -0.39 is 28.0 Å². The number of urea groups is 1. The number of hydrogen-bond acceptors (Lipinski definition) is 5. The van der Waals surface area contributed by atoms with Crippen molar-refractivity contribution in [2.45, 2.75) is 30.7 Å². The van der Waals surface area contributed by atoms with Crippen LogP contribution in [0.25, 0.3) is 0 Å². The van der Waals surface area contributed by atoms with Gasteiger partial charge in [-0.15, -0.1) is 0 Å². The van der Waals surface area contributed by atoms with Gasteiger partial charge < -0.3 is 10.2 Å². The van der Waals surface area contributed by atoms with Gasteiger partial charge in [0.1, 0.15) is 0 Å². The molecule has 26 heavy (non-hydrogen) atoms. The number of sulfonamides is 1. The molecule has 2 aromatic rings. The molecule has 2 aromatic carbocycles. The molecule has 2 atom stereocenters. The van der Waals surface area contributed by atoms with E-state index in [1.165, 1.54) is 36.4 Å². The molecule has 0 bridgehead atoms. The Morgan fingerprint density at radius 3 is 2.15 bits per heavy atom. The van der Waals surface area contributed by atoms with Gasteiger partial charge in [-0.05, 0) is 50.2 Å². The van der Waals surface area contributed by atoms with Crippen LogP contribution in [0.2, 0.25) is 5.02 Å². The van der Waals surface area contributed by atoms with Gasteiger partial charge in [0.25, 0.3) is 10.0 Å². The smallest absolute Gasteiger partial charge is 0.343 e. The molecule has 1 unspecified atom stereocenters. The lowest BCUT2D eigenvalue weighted by molar-refractivity contribution is -0.0689. The minimum absolute atomic E-state index is 0.163. The summed E-state index contributed by atoms with van der Waals surface area (Å²) in [6.07, 6.45) is -1.99. The lowest BCUT2D eigenvalue weighted by atomic mass is 10.2. The minimum atomic E-state index is -4.37. The molecule has 1 saturated heterocycles. The Labute approximate surface area is 156 Å². The van der Waals surface area contributed by atoms with Gasteiger partial charge in [-0.2, -0.15) is 4.31 Å². The summed E-state index contributed by atoms with van der Waals surface area (Å²) >= 11 is 5.83. The number of anilines is 1. The molecule has 0 radical (unpaired) electrons. The molecule has 0 spiro atoms. The quantitative estimate of drug-likeness (QED) is 0.829. The number of carbonyl (C=O) groups excluding carboxylic acids is 1. The zero-order chi connectivity index (χ0) is 19.3. The molecule has 2 amide bonds. The third-order valence-electron chi connectivity index (χ3n) is 4.21. The van der Waals surface area contributed by atoms with Crippen LogP contribution in [0.5, 0.6) is 0 Å². The fourth-order valence-corrected chi connectivity index (χ4v) is 4.34. The van der Waals surface area contributed by atoms with E-state index in [-0.39, 0.29) is 14.9 Å². The molecule has 1 fully saturated rings. The molecule has 9 heteroatoms. The van der Waals surface area contributed by atoms with Crippen molar-refractivity contribution in [1.82, 2.24) is 4.31 Å². The second kappa shape index (κ2) is 6.24. The maximum atomic E-state index is 12.9. The second-order valence-electron chi connectivity index (χ2n) is 6.18. The van der Waals surface area contributed by atoms with E-state index in [2.05, 4.69) is 0 Å². The first kappa shape index (κ1) is 18.7.